The molecular weight excluding hydrogens is 240 g/mol. The van der Waals surface area contributed by atoms with Crippen molar-refractivity contribution in [3.05, 3.63) is 47.3 Å². The molecule has 1 N–H and O–H groups in total. The van der Waals surface area contributed by atoms with Gasteiger partial charge in [0.1, 0.15) is 5.75 Å². The first-order valence-electron chi connectivity index (χ1n) is 6.29. The van der Waals surface area contributed by atoms with Crippen molar-refractivity contribution in [1.29, 1.82) is 0 Å². The number of methoxy groups -OCH3 is 1. The van der Waals surface area contributed by atoms with Crippen molar-refractivity contribution >= 4 is 0 Å². The van der Waals surface area contributed by atoms with Crippen molar-refractivity contribution in [3.63, 3.8) is 0 Å². The molecule has 0 saturated heterocycles. The Labute approximate surface area is 113 Å². The molecule has 0 fully saturated rings. The van der Waals surface area contributed by atoms with Crippen LogP contribution in [-0.4, -0.2) is 22.0 Å². The maximum absolute atomic E-state index is 10.7. The number of benzene rings is 1. The van der Waals surface area contributed by atoms with E-state index in [9.17, 15) is 5.11 Å². The van der Waals surface area contributed by atoms with Crippen molar-refractivity contribution in [2.45, 2.75) is 25.9 Å². The first kappa shape index (κ1) is 13.6. The summed E-state index contributed by atoms with van der Waals surface area (Å²) in [6.07, 6.45) is 0.524. The van der Waals surface area contributed by atoms with Crippen LogP contribution < -0.4 is 4.74 Å². The molecule has 0 aliphatic rings. The van der Waals surface area contributed by atoms with Crippen LogP contribution >= 0.6 is 0 Å². The summed E-state index contributed by atoms with van der Waals surface area (Å²) >= 11 is 0. The predicted octanol–water partition coefficient (Wildman–Crippen LogP) is 2.19. The molecule has 0 spiro atoms. The van der Waals surface area contributed by atoms with Gasteiger partial charge in [-0.25, -0.2) is 0 Å². The van der Waals surface area contributed by atoms with Crippen molar-refractivity contribution in [2.75, 3.05) is 7.11 Å². The van der Waals surface area contributed by atoms with Crippen LogP contribution in [0.15, 0.2) is 30.3 Å². The van der Waals surface area contributed by atoms with E-state index in [2.05, 4.69) is 5.10 Å². The molecule has 0 bridgehead atoms. The van der Waals surface area contributed by atoms with Crippen LogP contribution in [0.2, 0.25) is 0 Å². The van der Waals surface area contributed by atoms with E-state index in [1.807, 2.05) is 55.9 Å². The lowest BCUT2D eigenvalue weighted by Gasteiger charge is -2.24. The molecule has 19 heavy (non-hydrogen) atoms. The second kappa shape index (κ2) is 5.05. The Hall–Kier alpha value is -1.81. The Morgan fingerprint density at radius 2 is 1.95 bits per heavy atom. The average molecular weight is 260 g/mol. The quantitative estimate of drug-likeness (QED) is 0.916. The molecule has 1 heterocycles. The first-order chi connectivity index (χ1) is 8.92. The number of nitrogens with zero attached hydrogens (tertiary/aromatic N) is 2. The van der Waals surface area contributed by atoms with Crippen LogP contribution in [0.1, 0.15) is 23.9 Å². The van der Waals surface area contributed by atoms with E-state index < -0.39 is 5.60 Å². The van der Waals surface area contributed by atoms with Crippen LogP contribution in [0.4, 0.5) is 0 Å². The molecule has 1 atom stereocenters. The van der Waals surface area contributed by atoms with Crippen LogP contribution in [0.25, 0.3) is 0 Å². The lowest BCUT2D eigenvalue weighted by atomic mass is 9.91. The van der Waals surface area contributed by atoms with Crippen LogP contribution in [0, 0.1) is 6.92 Å². The van der Waals surface area contributed by atoms with Gasteiger partial charge in [-0.3, -0.25) is 4.68 Å². The van der Waals surface area contributed by atoms with E-state index >= 15 is 0 Å². The molecule has 0 amide bonds. The number of hydrogen-bond donors (Lipinski definition) is 1. The third-order valence-corrected chi connectivity index (χ3v) is 3.34. The molecule has 2 aromatic rings. The van der Waals surface area contributed by atoms with Gasteiger partial charge in [0.05, 0.1) is 18.4 Å². The number of aliphatic hydroxyl groups is 1. The number of ether oxygens (including phenoxy) is 1. The SMILES string of the molecule is COc1ccc(C(C)(O)Cc2cc(C)nn2C)cc1. The van der Waals surface area contributed by atoms with Gasteiger partial charge in [-0.15, -0.1) is 0 Å². The van der Waals surface area contributed by atoms with Gasteiger partial charge < -0.3 is 9.84 Å². The highest BCUT2D eigenvalue weighted by Gasteiger charge is 2.25. The Balaban J connectivity index is 2.23. The maximum atomic E-state index is 10.7. The smallest absolute Gasteiger partial charge is 0.118 e. The largest absolute Gasteiger partial charge is 0.497 e. The summed E-state index contributed by atoms with van der Waals surface area (Å²) in [6, 6.07) is 9.50. The van der Waals surface area contributed by atoms with Crippen LogP contribution in [-0.2, 0) is 19.1 Å². The van der Waals surface area contributed by atoms with Crippen molar-refractivity contribution in [3.8, 4) is 5.75 Å². The van der Waals surface area contributed by atoms with Gasteiger partial charge in [-0.1, -0.05) is 12.1 Å². The van der Waals surface area contributed by atoms with Crippen molar-refractivity contribution in [1.82, 2.24) is 9.78 Å². The number of aryl methyl sites for hydroxylation is 2. The molecule has 4 nitrogen and oxygen atoms in total. The molecular formula is C15H20N2O2. The fraction of sp³-hybridized carbons (Fsp3) is 0.400. The number of hydrogen-bond acceptors (Lipinski definition) is 3. The topological polar surface area (TPSA) is 47.3 Å². The number of rotatable bonds is 4. The van der Waals surface area contributed by atoms with Gasteiger partial charge in [-0.2, -0.15) is 5.10 Å². The molecule has 1 aromatic heterocycles. The second-order valence-corrected chi connectivity index (χ2v) is 5.08. The lowest BCUT2D eigenvalue weighted by Crippen LogP contribution is -2.25. The highest BCUT2D eigenvalue weighted by molar-refractivity contribution is 5.31. The first-order valence-corrected chi connectivity index (χ1v) is 6.29. The van der Waals surface area contributed by atoms with Gasteiger partial charge in [0.2, 0.25) is 0 Å². The van der Waals surface area contributed by atoms with Crippen molar-refractivity contribution < 1.29 is 9.84 Å². The molecule has 0 saturated carbocycles. The zero-order valence-corrected chi connectivity index (χ0v) is 11.8. The van der Waals surface area contributed by atoms with Crippen LogP contribution in [0.5, 0.6) is 5.75 Å². The highest BCUT2D eigenvalue weighted by atomic mass is 16.5. The molecule has 2 rings (SSSR count). The lowest BCUT2D eigenvalue weighted by molar-refractivity contribution is 0.0555. The summed E-state index contributed by atoms with van der Waals surface area (Å²) in [5, 5.41) is 15.0. The van der Waals surface area contributed by atoms with Gasteiger partial charge in [0.15, 0.2) is 0 Å². The molecule has 1 aromatic carbocycles. The van der Waals surface area contributed by atoms with E-state index in [-0.39, 0.29) is 0 Å². The Morgan fingerprint density at radius 3 is 2.42 bits per heavy atom. The van der Waals surface area contributed by atoms with E-state index in [0.29, 0.717) is 6.42 Å². The summed E-state index contributed by atoms with van der Waals surface area (Å²) in [5.74, 6) is 0.788. The third kappa shape index (κ3) is 2.96. The summed E-state index contributed by atoms with van der Waals surface area (Å²) in [4.78, 5) is 0. The zero-order valence-electron chi connectivity index (χ0n) is 11.8. The maximum Gasteiger partial charge on any atom is 0.118 e. The monoisotopic (exact) mass is 260 g/mol. The van der Waals surface area contributed by atoms with Crippen molar-refractivity contribution in [2.24, 2.45) is 7.05 Å². The normalized spacial score (nSPS) is 14.2. The van der Waals surface area contributed by atoms with Crippen LogP contribution in [0.3, 0.4) is 0 Å². The summed E-state index contributed by atoms with van der Waals surface area (Å²) < 4.78 is 6.94. The minimum absolute atomic E-state index is 0.524. The second-order valence-electron chi connectivity index (χ2n) is 5.08. The molecule has 1 unspecified atom stereocenters. The average Bonchev–Trinajstić information content (AvgIpc) is 2.67. The molecule has 0 aliphatic carbocycles. The Bertz CT molecular complexity index is 556. The van der Waals surface area contributed by atoms with E-state index in [1.165, 1.54) is 0 Å². The summed E-state index contributed by atoms with van der Waals surface area (Å²) in [7, 11) is 3.53. The van der Waals surface area contributed by atoms with E-state index in [0.717, 1.165) is 22.7 Å². The standard InChI is InChI=1S/C15H20N2O2/c1-11-9-13(17(3)16-11)10-15(2,18)12-5-7-14(19-4)8-6-12/h5-9,18H,10H2,1-4H3. The Kier molecular flexibility index (Phi) is 3.62. The van der Waals surface area contributed by atoms with E-state index in [4.69, 9.17) is 4.74 Å². The summed E-state index contributed by atoms with van der Waals surface area (Å²) in [5.41, 5.74) is 1.92. The molecule has 0 radical (unpaired) electrons. The zero-order chi connectivity index (χ0) is 14.0. The molecule has 0 aliphatic heterocycles. The fourth-order valence-corrected chi connectivity index (χ4v) is 2.23. The van der Waals surface area contributed by atoms with Gasteiger partial charge in [0, 0.05) is 19.2 Å². The Morgan fingerprint density at radius 1 is 1.32 bits per heavy atom. The minimum Gasteiger partial charge on any atom is -0.497 e. The highest BCUT2D eigenvalue weighted by Crippen LogP contribution is 2.27. The third-order valence-electron chi connectivity index (χ3n) is 3.34. The van der Waals surface area contributed by atoms with Gasteiger partial charge in [-0.05, 0) is 37.6 Å². The molecule has 4 heteroatoms. The van der Waals surface area contributed by atoms with Gasteiger partial charge in [0.25, 0.3) is 0 Å². The fourth-order valence-electron chi connectivity index (χ4n) is 2.23. The predicted molar refractivity (Wildman–Crippen MR) is 74.2 cm³/mol. The minimum atomic E-state index is -0.924. The summed E-state index contributed by atoms with van der Waals surface area (Å²) in [6.45, 7) is 3.77. The number of aromatic nitrogens is 2. The van der Waals surface area contributed by atoms with E-state index in [1.54, 1.807) is 7.11 Å². The van der Waals surface area contributed by atoms with Gasteiger partial charge >= 0.3 is 0 Å². The molecule has 102 valence electrons.